The fourth-order valence-electron chi connectivity index (χ4n) is 3.70. The molecular weight excluding hydrogens is 398 g/mol. The third kappa shape index (κ3) is 4.64. The normalized spacial score (nSPS) is 14.7. The molecule has 0 radical (unpaired) electrons. The van der Waals surface area contributed by atoms with Crippen molar-refractivity contribution in [1.82, 2.24) is 4.98 Å². The lowest BCUT2D eigenvalue weighted by molar-refractivity contribution is -0.906. The highest BCUT2D eigenvalue weighted by atomic mass is 32.1. The lowest BCUT2D eigenvalue weighted by atomic mass is 10.1. The lowest BCUT2D eigenvalue weighted by Crippen LogP contribution is -3.14. The number of nitrogens with zero attached hydrogens (tertiary/aromatic N) is 2. The van der Waals surface area contributed by atoms with Crippen molar-refractivity contribution < 1.29 is 19.2 Å². The first-order valence-corrected chi connectivity index (χ1v) is 11.3. The maximum atomic E-state index is 13.5. The number of amides is 1. The highest BCUT2D eigenvalue weighted by Crippen LogP contribution is 2.34. The van der Waals surface area contributed by atoms with Gasteiger partial charge in [-0.05, 0) is 38.1 Å². The Bertz CT molecular complexity index is 1010. The predicted octanol–water partition coefficient (Wildman–Crippen LogP) is 2.57. The lowest BCUT2D eigenvalue weighted by Gasteiger charge is -2.27. The minimum atomic E-state index is -0.0108. The van der Waals surface area contributed by atoms with Crippen LogP contribution in [-0.4, -0.2) is 56.9 Å². The number of para-hydroxylation sites is 1. The van der Waals surface area contributed by atoms with E-state index in [-0.39, 0.29) is 5.91 Å². The molecule has 0 spiro atoms. The van der Waals surface area contributed by atoms with Gasteiger partial charge in [0.2, 0.25) is 0 Å². The number of ether oxygens (including phenoxy) is 2. The van der Waals surface area contributed by atoms with Crippen LogP contribution in [0.3, 0.4) is 0 Å². The van der Waals surface area contributed by atoms with Gasteiger partial charge in [-0.15, -0.1) is 0 Å². The first kappa shape index (κ1) is 20.8. The van der Waals surface area contributed by atoms with Crippen LogP contribution in [0.4, 0.5) is 5.13 Å². The van der Waals surface area contributed by atoms with Gasteiger partial charge in [-0.2, -0.15) is 0 Å². The monoisotopic (exact) mass is 426 g/mol. The summed E-state index contributed by atoms with van der Waals surface area (Å²) in [4.78, 5) is 21.6. The zero-order chi connectivity index (χ0) is 20.9. The van der Waals surface area contributed by atoms with Gasteiger partial charge in [-0.25, -0.2) is 4.98 Å². The Hall–Kier alpha value is -2.48. The molecule has 1 aliphatic heterocycles. The van der Waals surface area contributed by atoms with Gasteiger partial charge in [0, 0.05) is 5.56 Å². The van der Waals surface area contributed by atoms with E-state index in [1.54, 1.807) is 0 Å². The summed E-state index contributed by atoms with van der Waals surface area (Å²) in [6.45, 7) is 9.54. The van der Waals surface area contributed by atoms with Gasteiger partial charge >= 0.3 is 0 Å². The molecule has 3 aromatic rings. The van der Waals surface area contributed by atoms with Crippen LogP contribution in [0.15, 0.2) is 42.5 Å². The molecule has 2 aromatic carbocycles. The number of quaternary nitrogens is 1. The van der Waals surface area contributed by atoms with Crippen molar-refractivity contribution in [2.75, 3.05) is 50.9 Å². The molecule has 0 saturated carbocycles. The van der Waals surface area contributed by atoms with Gasteiger partial charge in [0.05, 0.1) is 37.6 Å². The SMILES string of the molecule is CCOc1cccc2sc(N(CC[NH+]3CCOCC3)C(=O)c3cccc(C)c3)nc12. The maximum Gasteiger partial charge on any atom is 0.260 e. The maximum absolute atomic E-state index is 13.5. The second-order valence-corrected chi connectivity index (χ2v) is 8.48. The summed E-state index contributed by atoms with van der Waals surface area (Å²) < 4.78 is 12.2. The van der Waals surface area contributed by atoms with E-state index in [9.17, 15) is 4.79 Å². The molecule has 7 heteroatoms. The number of hydrogen-bond donors (Lipinski definition) is 1. The van der Waals surface area contributed by atoms with Crippen LogP contribution >= 0.6 is 11.3 Å². The summed E-state index contributed by atoms with van der Waals surface area (Å²) in [6, 6.07) is 13.7. The van der Waals surface area contributed by atoms with Crippen LogP contribution < -0.4 is 14.5 Å². The number of carbonyl (C=O) groups excluding carboxylic acids is 1. The van der Waals surface area contributed by atoms with E-state index < -0.39 is 0 Å². The third-order valence-corrected chi connectivity index (χ3v) is 6.34. The molecule has 1 N–H and O–H groups in total. The summed E-state index contributed by atoms with van der Waals surface area (Å²) in [5.74, 6) is 0.752. The molecule has 0 unspecified atom stereocenters. The van der Waals surface area contributed by atoms with Gasteiger partial charge in [-0.1, -0.05) is 35.1 Å². The quantitative estimate of drug-likeness (QED) is 0.631. The average Bonchev–Trinajstić information content (AvgIpc) is 3.20. The summed E-state index contributed by atoms with van der Waals surface area (Å²) in [5, 5.41) is 0.719. The molecule has 0 atom stereocenters. The van der Waals surface area contributed by atoms with Crippen molar-refractivity contribution in [3.63, 3.8) is 0 Å². The smallest absolute Gasteiger partial charge is 0.260 e. The second-order valence-electron chi connectivity index (χ2n) is 7.47. The highest BCUT2D eigenvalue weighted by Gasteiger charge is 2.24. The number of benzene rings is 2. The fourth-order valence-corrected chi connectivity index (χ4v) is 4.70. The van der Waals surface area contributed by atoms with E-state index in [4.69, 9.17) is 14.5 Å². The topological polar surface area (TPSA) is 56.1 Å². The Morgan fingerprint density at radius 3 is 2.80 bits per heavy atom. The van der Waals surface area contributed by atoms with Crippen molar-refractivity contribution in [3.8, 4) is 5.75 Å². The Kier molecular flexibility index (Phi) is 6.62. The van der Waals surface area contributed by atoms with Crippen LogP contribution in [0.1, 0.15) is 22.8 Å². The van der Waals surface area contributed by atoms with Gasteiger partial charge in [0.15, 0.2) is 5.13 Å². The van der Waals surface area contributed by atoms with Gasteiger partial charge in [0.1, 0.15) is 24.4 Å². The number of fused-ring (bicyclic) bond motifs is 1. The number of thiazole rings is 1. The van der Waals surface area contributed by atoms with Crippen LogP contribution in [0.25, 0.3) is 10.2 Å². The van der Waals surface area contributed by atoms with Crippen LogP contribution in [0.2, 0.25) is 0 Å². The number of nitrogens with one attached hydrogen (secondary N) is 1. The van der Waals surface area contributed by atoms with E-state index in [1.807, 2.05) is 61.2 Å². The standard InChI is InChI=1S/C23H27N3O3S/c1-3-29-19-8-5-9-20-21(19)24-23(30-20)26(11-10-25-12-14-28-15-13-25)22(27)18-7-4-6-17(2)16-18/h4-9,16H,3,10-15H2,1-2H3/p+1. The molecule has 1 saturated heterocycles. The van der Waals surface area contributed by atoms with E-state index in [0.29, 0.717) is 18.7 Å². The molecule has 158 valence electrons. The van der Waals surface area contributed by atoms with E-state index in [0.717, 1.165) is 59.5 Å². The largest absolute Gasteiger partial charge is 0.492 e. The van der Waals surface area contributed by atoms with Gasteiger partial charge < -0.3 is 14.4 Å². The van der Waals surface area contributed by atoms with Crippen molar-refractivity contribution in [2.45, 2.75) is 13.8 Å². The molecule has 0 bridgehead atoms. The summed E-state index contributed by atoms with van der Waals surface area (Å²) >= 11 is 1.54. The van der Waals surface area contributed by atoms with Crippen molar-refractivity contribution in [1.29, 1.82) is 0 Å². The number of aryl methyl sites for hydroxylation is 1. The number of morpholine rings is 1. The van der Waals surface area contributed by atoms with E-state index >= 15 is 0 Å². The average molecular weight is 427 g/mol. The minimum absolute atomic E-state index is 0.0108. The van der Waals surface area contributed by atoms with Crippen LogP contribution in [0.5, 0.6) is 5.75 Å². The Morgan fingerprint density at radius 2 is 2.03 bits per heavy atom. The first-order chi connectivity index (χ1) is 14.7. The van der Waals surface area contributed by atoms with Crippen molar-refractivity contribution in [3.05, 3.63) is 53.6 Å². The molecule has 1 fully saturated rings. The minimum Gasteiger partial charge on any atom is -0.492 e. The molecule has 30 heavy (non-hydrogen) atoms. The highest BCUT2D eigenvalue weighted by molar-refractivity contribution is 7.22. The first-order valence-electron chi connectivity index (χ1n) is 10.5. The zero-order valence-electron chi connectivity index (χ0n) is 17.5. The predicted molar refractivity (Wildman–Crippen MR) is 120 cm³/mol. The van der Waals surface area contributed by atoms with Crippen LogP contribution in [0, 0.1) is 6.92 Å². The van der Waals surface area contributed by atoms with E-state index in [1.165, 1.54) is 16.2 Å². The van der Waals surface area contributed by atoms with Gasteiger partial charge in [-0.3, -0.25) is 9.69 Å². The molecule has 1 amide bonds. The molecule has 2 heterocycles. The Balaban J connectivity index is 1.66. The van der Waals surface area contributed by atoms with Crippen molar-refractivity contribution in [2.24, 2.45) is 0 Å². The molecule has 1 aromatic heterocycles. The molecule has 1 aliphatic rings. The van der Waals surface area contributed by atoms with Crippen molar-refractivity contribution >= 4 is 32.6 Å². The summed E-state index contributed by atoms with van der Waals surface area (Å²) in [7, 11) is 0. The third-order valence-electron chi connectivity index (χ3n) is 5.30. The summed E-state index contributed by atoms with van der Waals surface area (Å²) in [5.41, 5.74) is 2.58. The Labute approximate surface area is 181 Å². The fraction of sp³-hybridized carbons (Fsp3) is 0.391. The second kappa shape index (κ2) is 9.55. The number of aromatic nitrogens is 1. The van der Waals surface area contributed by atoms with E-state index in [2.05, 4.69) is 0 Å². The molecular formula is C23H28N3O3S+. The zero-order valence-corrected chi connectivity index (χ0v) is 18.3. The summed E-state index contributed by atoms with van der Waals surface area (Å²) in [6.07, 6.45) is 0. The number of rotatable bonds is 7. The van der Waals surface area contributed by atoms with Gasteiger partial charge in [0.25, 0.3) is 5.91 Å². The Morgan fingerprint density at radius 1 is 1.23 bits per heavy atom. The van der Waals surface area contributed by atoms with Crippen LogP contribution in [-0.2, 0) is 4.74 Å². The molecule has 4 rings (SSSR count). The number of anilines is 1. The number of carbonyl (C=O) groups is 1. The number of hydrogen-bond acceptors (Lipinski definition) is 5. The molecule has 6 nitrogen and oxygen atoms in total. The molecule has 0 aliphatic carbocycles.